The van der Waals surface area contributed by atoms with Crippen LogP contribution in [-0.4, -0.2) is 25.8 Å². The second-order valence-electron chi connectivity index (χ2n) is 7.48. The van der Waals surface area contributed by atoms with Gasteiger partial charge in [0.15, 0.2) is 0 Å². The average Bonchev–Trinajstić information content (AvgIpc) is 3.11. The molecule has 1 fully saturated rings. The molecule has 2 aliphatic carbocycles. The minimum atomic E-state index is -0.0743. The third-order valence-electron chi connectivity index (χ3n) is 5.63. The predicted molar refractivity (Wildman–Crippen MR) is 98.2 cm³/mol. The van der Waals surface area contributed by atoms with Gasteiger partial charge in [0.2, 0.25) is 11.7 Å². The molecule has 27 heavy (non-hydrogen) atoms. The zero-order valence-electron chi connectivity index (χ0n) is 15.4. The van der Waals surface area contributed by atoms with Crippen LogP contribution in [0.1, 0.15) is 64.3 Å². The van der Waals surface area contributed by atoms with Crippen molar-refractivity contribution in [3.8, 4) is 11.4 Å². The molecule has 1 N–H and O–H groups in total. The maximum absolute atomic E-state index is 12.6. The van der Waals surface area contributed by atoms with E-state index in [2.05, 4.69) is 32.7 Å². The molecule has 138 valence electrons. The number of fused-ring (bicyclic) bond motifs is 1. The van der Waals surface area contributed by atoms with Crippen LogP contribution in [0, 0.1) is 6.92 Å². The predicted octanol–water partition coefficient (Wildman–Crippen LogP) is 3.07. The number of hydrogen-bond donors (Lipinski definition) is 1. The third-order valence-corrected chi connectivity index (χ3v) is 5.63. The first kappa shape index (κ1) is 16.2. The monoisotopic (exact) mass is 363 g/mol. The number of rotatable bonds is 4. The zero-order valence-corrected chi connectivity index (χ0v) is 15.4. The summed E-state index contributed by atoms with van der Waals surface area (Å²) in [5.74, 6) is 1.78. The molecule has 1 saturated carbocycles. The first-order valence-electron chi connectivity index (χ1n) is 9.36. The van der Waals surface area contributed by atoms with E-state index in [-0.39, 0.29) is 11.9 Å². The molecule has 1 aromatic carbocycles. The molecule has 1 atom stereocenters. The standard InChI is InChI=1S/C20H21N5O2/c1-11-16(10-21-25(11)2)19(26)22-17-8-6-13-9-14(5-7-15(13)17)18-23-20(27-24-18)12-3-4-12/h5,7,9-10,12,17H,3-4,6,8H2,1-2H3,(H,22,26). The highest BCUT2D eigenvalue weighted by Gasteiger charge is 2.30. The van der Waals surface area contributed by atoms with Crippen LogP contribution in [0.4, 0.5) is 0 Å². The highest BCUT2D eigenvalue weighted by Crippen LogP contribution is 2.40. The lowest BCUT2D eigenvalue weighted by Gasteiger charge is -2.14. The number of aromatic nitrogens is 4. The average molecular weight is 363 g/mol. The normalized spacial score (nSPS) is 18.5. The van der Waals surface area contributed by atoms with Gasteiger partial charge in [0.25, 0.3) is 5.91 Å². The summed E-state index contributed by atoms with van der Waals surface area (Å²) in [6.07, 6.45) is 5.72. The zero-order chi connectivity index (χ0) is 18.5. The Morgan fingerprint density at radius 2 is 2.15 bits per heavy atom. The van der Waals surface area contributed by atoms with Gasteiger partial charge in [-0.3, -0.25) is 9.48 Å². The molecular weight excluding hydrogens is 342 g/mol. The van der Waals surface area contributed by atoms with Gasteiger partial charge in [-0.1, -0.05) is 17.3 Å². The molecule has 7 nitrogen and oxygen atoms in total. The van der Waals surface area contributed by atoms with Gasteiger partial charge in [0.05, 0.1) is 17.8 Å². The lowest BCUT2D eigenvalue weighted by atomic mass is 10.0. The van der Waals surface area contributed by atoms with Gasteiger partial charge in [-0.25, -0.2) is 0 Å². The highest BCUT2D eigenvalue weighted by molar-refractivity contribution is 5.95. The van der Waals surface area contributed by atoms with Crippen molar-refractivity contribution < 1.29 is 9.32 Å². The molecule has 0 radical (unpaired) electrons. The molecule has 0 bridgehead atoms. The topological polar surface area (TPSA) is 85.8 Å². The number of amides is 1. The number of carbonyl (C=O) groups excluding carboxylic acids is 1. The molecule has 0 spiro atoms. The van der Waals surface area contributed by atoms with E-state index in [0.29, 0.717) is 17.3 Å². The van der Waals surface area contributed by atoms with Crippen LogP contribution in [0.2, 0.25) is 0 Å². The number of carbonyl (C=O) groups is 1. The van der Waals surface area contributed by atoms with Gasteiger partial charge in [-0.05, 0) is 49.8 Å². The van der Waals surface area contributed by atoms with Crippen molar-refractivity contribution in [3.05, 3.63) is 52.7 Å². The van der Waals surface area contributed by atoms with Crippen molar-refractivity contribution in [1.82, 2.24) is 25.2 Å². The summed E-state index contributed by atoms with van der Waals surface area (Å²) in [5, 5.41) is 11.4. The van der Waals surface area contributed by atoms with E-state index in [1.165, 1.54) is 11.1 Å². The number of benzene rings is 1. The molecule has 1 amide bonds. The minimum absolute atomic E-state index is 0.0217. The Hall–Kier alpha value is -2.96. The fourth-order valence-electron chi connectivity index (χ4n) is 3.71. The Kier molecular flexibility index (Phi) is 3.63. The Bertz CT molecular complexity index is 1030. The fraction of sp³-hybridized carbons (Fsp3) is 0.400. The molecular formula is C20H21N5O2. The number of aryl methyl sites for hydroxylation is 2. The van der Waals surface area contributed by atoms with Gasteiger partial charge in [0.1, 0.15) is 0 Å². The van der Waals surface area contributed by atoms with Gasteiger partial charge in [0, 0.05) is 24.2 Å². The number of nitrogens with zero attached hydrogens (tertiary/aromatic N) is 4. The smallest absolute Gasteiger partial charge is 0.255 e. The van der Waals surface area contributed by atoms with Crippen LogP contribution in [-0.2, 0) is 13.5 Å². The lowest BCUT2D eigenvalue weighted by molar-refractivity contribution is 0.0936. The van der Waals surface area contributed by atoms with Crippen molar-refractivity contribution in [2.45, 2.75) is 44.6 Å². The Morgan fingerprint density at radius 1 is 1.30 bits per heavy atom. The molecule has 2 aliphatic rings. The summed E-state index contributed by atoms with van der Waals surface area (Å²) in [4.78, 5) is 17.1. The maximum atomic E-state index is 12.6. The van der Waals surface area contributed by atoms with Crippen molar-refractivity contribution in [2.75, 3.05) is 0 Å². The minimum Gasteiger partial charge on any atom is -0.345 e. The maximum Gasteiger partial charge on any atom is 0.255 e. The van der Waals surface area contributed by atoms with Gasteiger partial charge in [-0.15, -0.1) is 0 Å². The van der Waals surface area contributed by atoms with Crippen LogP contribution in [0.15, 0.2) is 28.9 Å². The Morgan fingerprint density at radius 3 is 2.89 bits per heavy atom. The third kappa shape index (κ3) is 2.83. The van der Waals surface area contributed by atoms with Crippen LogP contribution >= 0.6 is 0 Å². The van der Waals surface area contributed by atoms with Crippen molar-refractivity contribution >= 4 is 5.91 Å². The number of nitrogens with one attached hydrogen (secondary N) is 1. The van der Waals surface area contributed by atoms with E-state index in [9.17, 15) is 4.79 Å². The van der Waals surface area contributed by atoms with Crippen molar-refractivity contribution in [1.29, 1.82) is 0 Å². The van der Waals surface area contributed by atoms with E-state index in [0.717, 1.165) is 42.8 Å². The van der Waals surface area contributed by atoms with Crippen LogP contribution in [0.5, 0.6) is 0 Å². The summed E-state index contributed by atoms with van der Waals surface area (Å²) in [6.45, 7) is 1.90. The van der Waals surface area contributed by atoms with E-state index < -0.39 is 0 Å². The van der Waals surface area contributed by atoms with E-state index in [1.54, 1.807) is 10.9 Å². The molecule has 0 saturated heterocycles. The molecule has 7 heteroatoms. The van der Waals surface area contributed by atoms with Crippen molar-refractivity contribution in [3.63, 3.8) is 0 Å². The molecule has 5 rings (SSSR count). The SMILES string of the molecule is Cc1c(C(=O)NC2CCc3cc(-c4noc(C5CC5)n4)ccc32)cnn1C. The van der Waals surface area contributed by atoms with Crippen LogP contribution in [0.25, 0.3) is 11.4 Å². The first-order valence-corrected chi connectivity index (χ1v) is 9.36. The van der Waals surface area contributed by atoms with E-state index >= 15 is 0 Å². The molecule has 3 aromatic rings. The summed E-state index contributed by atoms with van der Waals surface area (Å²) < 4.78 is 7.09. The quantitative estimate of drug-likeness (QED) is 0.770. The van der Waals surface area contributed by atoms with Gasteiger partial charge in [-0.2, -0.15) is 10.1 Å². The van der Waals surface area contributed by atoms with E-state index in [4.69, 9.17) is 4.52 Å². The molecule has 2 heterocycles. The Balaban J connectivity index is 1.36. The molecule has 2 aromatic heterocycles. The van der Waals surface area contributed by atoms with Crippen LogP contribution in [0.3, 0.4) is 0 Å². The van der Waals surface area contributed by atoms with Crippen molar-refractivity contribution in [2.24, 2.45) is 7.05 Å². The summed E-state index contributed by atoms with van der Waals surface area (Å²) >= 11 is 0. The van der Waals surface area contributed by atoms with Gasteiger partial charge < -0.3 is 9.84 Å². The Labute approximate surface area is 156 Å². The van der Waals surface area contributed by atoms with Crippen LogP contribution < -0.4 is 5.32 Å². The first-order chi connectivity index (χ1) is 13.1. The molecule has 1 unspecified atom stereocenters. The highest BCUT2D eigenvalue weighted by atomic mass is 16.5. The van der Waals surface area contributed by atoms with Gasteiger partial charge >= 0.3 is 0 Å². The lowest BCUT2D eigenvalue weighted by Crippen LogP contribution is -2.27. The fourth-order valence-corrected chi connectivity index (χ4v) is 3.71. The molecule has 0 aliphatic heterocycles. The largest absolute Gasteiger partial charge is 0.345 e. The second kappa shape index (κ2) is 6.04. The summed E-state index contributed by atoms with van der Waals surface area (Å²) in [5.41, 5.74) is 4.86. The second-order valence-corrected chi connectivity index (χ2v) is 7.48. The summed E-state index contributed by atoms with van der Waals surface area (Å²) in [6, 6.07) is 6.23. The number of hydrogen-bond acceptors (Lipinski definition) is 5. The summed E-state index contributed by atoms with van der Waals surface area (Å²) in [7, 11) is 1.84. The van der Waals surface area contributed by atoms with E-state index in [1.807, 2.05) is 20.0 Å².